The van der Waals surface area contributed by atoms with Crippen molar-refractivity contribution in [1.29, 1.82) is 0 Å². The minimum absolute atomic E-state index is 0.0956. The van der Waals surface area contributed by atoms with Crippen LogP contribution < -0.4 is 29.0 Å². The van der Waals surface area contributed by atoms with Gasteiger partial charge in [-0.1, -0.05) is 0 Å². The van der Waals surface area contributed by atoms with Gasteiger partial charge in [0.25, 0.3) is 0 Å². The number of halogens is 2. The van der Waals surface area contributed by atoms with E-state index in [0.717, 1.165) is 31.9 Å². The molecule has 2 aromatic carbocycles. The topological polar surface area (TPSA) is 91.3 Å². The first-order valence-electron chi connectivity index (χ1n) is 7.10. The van der Waals surface area contributed by atoms with Crippen LogP contribution in [-0.2, 0) is 16.5 Å². The van der Waals surface area contributed by atoms with Gasteiger partial charge < -0.3 is 30.3 Å². The fourth-order valence-electron chi connectivity index (χ4n) is 2.04. The van der Waals surface area contributed by atoms with E-state index in [9.17, 15) is 0 Å². The normalized spacial score (nSPS) is 10.1. The van der Waals surface area contributed by atoms with Gasteiger partial charge in [0.15, 0.2) is 0 Å². The molecule has 0 atom stereocenters. The molecule has 0 radical (unpaired) electrons. The van der Waals surface area contributed by atoms with Gasteiger partial charge in [-0.15, -0.1) is 11.0 Å². The fourth-order valence-corrected chi connectivity index (χ4v) is 3.42. The van der Waals surface area contributed by atoms with Crippen molar-refractivity contribution in [1.82, 2.24) is 9.97 Å². The third-order valence-corrected chi connectivity index (χ3v) is 4.84. The number of aromatic nitrogens is 2. The maximum atomic E-state index is 9.09. The molecule has 148 valence electrons. The van der Waals surface area contributed by atoms with Gasteiger partial charge in [0, 0.05) is 9.40 Å². The van der Waals surface area contributed by atoms with Gasteiger partial charge in [-0.25, -0.2) is 9.60 Å². The summed E-state index contributed by atoms with van der Waals surface area (Å²) in [6, 6.07) is 11.0. The molecule has 0 saturated heterocycles. The van der Waals surface area contributed by atoms with Gasteiger partial charge in [-0.2, -0.15) is 22.7 Å². The zero-order valence-electron chi connectivity index (χ0n) is 14.0. The van der Waals surface area contributed by atoms with Crippen LogP contribution in [0.2, 0.25) is 0 Å². The number of ether oxygens (including phenoxy) is 2. The number of fused-ring (bicyclic) bond motifs is 2. The van der Waals surface area contributed by atoms with Gasteiger partial charge in [0.1, 0.15) is 11.5 Å². The number of thiazole rings is 2. The van der Waals surface area contributed by atoms with Crippen LogP contribution in [-0.4, -0.2) is 14.2 Å². The maximum absolute atomic E-state index is 9.09. The third-order valence-electron chi connectivity index (χ3n) is 3.17. The predicted molar refractivity (Wildman–Crippen MR) is 108 cm³/mol. The van der Waals surface area contributed by atoms with Crippen molar-refractivity contribution in [3.8, 4) is 11.5 Å². The number of hydrogen-bond donors (Lipinski definition) is 0. The number of hydrogen-bond acceptors (Lipinski definition) is 4. The van der Waals surface area contributed by atoms with Crippen LogP contribution in [0.1, 0.15) is 0 Å². The van der Waals surface area contributed by atoms with Crippen molar-refractivity contribution < 1.29 is 26.0 Å². The van der Waals surface area contributed by atoms with E-state index in [1.54, 1.807) is 26.4 Å². The van der Waals surface area contributed by atoms with E-state index in [4.69, 9.17) is 39.1 Å². The Morgan fingerprint density at radius 1 is 0.815 bits per heavy atom. The van der Waals surface area contributed by atoms with Crippen molar-refractivity contribution in [2.45, 2.75) is 0 Å². The number of nitrogens with zero attached hydrogens (tertiary/aromatic N) is 4. The van der Waals surface area contributed by atoms with Crippen molar-refractivity contribution in [2.24, 2.45) is 0 Å². The van der Waals surface area contributed by atoms with Crippen molar-refractivity contribution in [3.63, 3.8) is 0 Å². The molecule has 11 heteroatoms. The Kier molecular flexibility index (Phi) is 8.86. The van der Waals surface area contributed by atoms with Crippen LogP contribution in [0.15, 0.2) is 36.4 Å². The van der Waals surface area contributed by atoms with Gasteiger partial charge in [-0.05, 0) is 36.4 Å². The van der Waals surface area contributed by atoms with E-state index >= 15 is 0 Å². The first-order chi connectivity index (χ1) is 13.0. The molecule has 0 aliphatic carbocycles. The third kappa shape index (κ3) is 6.36. The average molecular weight is 622 g/mol. The summed E-state index contributed by atoms with van der Waals surface area (Å²) in [5.74, 6) is 1.51. The minimum atomic E-state index is -0.472. The van der Waals surface area contributed by atoms with Crippen molar-refractivity contribution in [3.05, 3.63) is 56.8 Å². The second kappa shape index (κ2) is 10.9. The summed E-state index contributed by atoms with van der Waals surface area (Å²) in [5, 5.41) is 18.2. The molecule has 0 bridgehead atoms. The van der Waals surface area contributed by atoms with Crippen LogP contribution in [0.4, 0.5) is 0 Å². The summed E-state index contributed by atoms with van der Waals surface area (Å²) in [6.07, 6.45) is 0. The molecule has 2 aromatic heterocycles. The summed E-state index contributed by atoms with van der Waals surface area (Å²) < 4.78 is 12.0. The Balaban J connectivity index is 0.000000170. The molecule has 0 N–H and O–H groups in total. The summed E-state index contributed by atoms with van der Waals surface area (Å²) >= 11 is 2.05. The zero-order valence-corrected chi connectivity index (χ0v) is 19.4. The first-order valence-corrected chi connectivity index (χ1v) is 14.4. The molecule has 6 nitrogen and oxygen atoms in total. The van der Waals surface area contributed by atoms with Crippen molar-refractivity contribution in [2.75, 3.05) is 14.2 Å². The molecule has 0 spiro atoms. The SMILES string of the molecule is COc1ccc2sc(=[N-])[n-]c2c1.COc1ccc2sc(=[N-])[n-]c2c1.[Cl][Pt][Cl]. The van der Waals surface area contributed by atoms with Gasteiger partial charge in [0.05, 0.1) is 14.2 Å². The molecule has 4 rings (SSSR count). The standard InChI is InChI=1S/2C8H6N2OS.2ClH.Pt/c2*1-11-5-2-3-7-6(4-5)10-8(9)12-7;;;/h2*2-4H,1H3;2*1H;/q2*-2;;;+2/p-2. The zero-order chi connectivity index (χ0) is 19.8. The average Bonchev–Trinajstić information content (AvgIpc) is 3.21. The van der Waals surface area contributed by atoms with E-state index < -0.39 is 16.5 Å². The van der Waals surface area contributed by atoms with Crippen LogP contribution >= 0.6 is 41.5 Å². The molecule has 0 aliphatic heterocycles. The predicted octanol–water partition coefficient (Wildman–Crippen LogP) is 4.05. The van der Waals surface area contributed by atoms with E-state index in [1.807, 2.05) is 24.3 Å². The van der Waals surface area contributed by atoms with E-state index in [-0.39, 0.29) is 9.60 Å². The number of methoxy groups -OCH3 is 2. The van der Waals surface area contributed by atoms with E-state index in [1.165, 1.54) is 22.7 Å². The molecule has 0 unspecified atom stereocenters. The van der Waals surface area contributed by atoms with Crippen molar-refractivity contribution >= 4 is 61.9 Å². The molecule has 0 amide bonds. The summed E-state index contributed by atoms with van der Waals surface area (Å²) in [5.41, 5.74) is 1.55. The fraction of sp³-hybridized carbons (Fsp3) is 0.125. The Hall–Kier alpha value is -1.31. The first kappa shape index (κ1) is 22.0. The summed E-state index contributed by atoms with van der Waals surface area (Å²) in [7, 11) is 13.0. The molecular formula is C16H12Cl2N4O2PtS2-4. The van der Waals surface area contributed by atoms with E-state index in [0.29, 0.717) is 0 Å². The molecule has 0 saturated carbocycles. The second-order valence-electron chi connectivity index (χ2n) is 4.71. The Morgan fingerprint density at radius 3 is 1.52 bits per heavy atom. The molecular weight excluding hydrogens is 610 g/mol. The molecule has 27 heavy (non-hydrogen) atoms. The van der Waals surface area contributed by atoms with Crippen LogP contribution in [0.5, 0.6) is 11.5 Å². The molecule has 0 fully saturated rings. The monoisotopic (exact) mass is 621 g/mol. The van der Waals surface area contributed by atoms with Gasteiger partial charge in [0.2, 0.25) is 0 Å². The molecule has 0 aliphatic rings. The van der Waals surface area contributed by atoms with Gasteiger partial charge in [-0.3, -0.25) is 0 Å². The van der Waals surface area contributed by atoms with Crippen LogP contribution in [0.3, 0.4) is 0 Å². The second-order valence-corrected chi connectivity index (χ2v) is 10.0. The van der Waals surface area contributed by atoms with Gasteiger partial charge >= 0.3 is 35.3 Å². The molecule has 2 heterocycles. The van der Waals surface area contributed by atoms with Crippen LogP contribution in [0.25, 0.3) is 31.3 Å². The number of rotatable bonds is 2. The molecule has 4 aromatic rings. The Labute approximate surface area is 179 Å². The van der Waals surface area contributed by atoms with Crippen LogP contribution in [0, 0.1) is 0 Å². The number of benzene rings is 2. The van der Waals surface area contributed by atoms with E-state index in [2.05, 4.69) is 9.97 Å². The quantitative estimate of drug-likeness (QED) is 0.338. The summed E-state index contributed by atoms with van der Waals surface area (Å²) in [4.78, 5) is 8.02. The Bertz CT molecular complexity index is 1030. The summed E-state index contributed by atoms with van der Waals surface area (Å²) in [6.45, 7) is 0. The Morgan fingerprint density at radius 2 is 1.19 bits per heavy atom.